The zero-order valence-corrected chi connectivity index (χ0v) is 11.6. The van der Waals surface area contributed by atoms with Crippen LogP contribution >= 0.6 is 0 Å². The molecule has 5 nitrogen and oxygen atoms in total. The second kappa shape index (κ2) is 6.34. The Bertz CT molecular complexity index is 613. The molecule has 0 bridgehead atoms. The van der Waals surface area contributed by atoms with Crippen LogP contribution in [0.2, 0.25) is 0 Å². The monoisotopic (exact) mass is 274 g/mol. The number of carbonyl (C=O) groups excluding carboxylic acids is 1. The number of nitrogens with zero attached hydrogens (tertiary/aromatic N) is 1. The first-order chi connectivity index (χ1) is 9.65. The summed E-state index contributed by atoms with van der Waals surface area (Å²) in [7, 11) is 1.55. The number of hydrogen-bond acceptors (Lipinski definition) is 5. The first kappa shape index (κ1) is 14.3. The molecule has 2 N–H and O–H groups in total. The Hall–Kier alpha value is -2.14. The minimum absolute atomic E-state index is 0.319. The van der Waals surface area contributed by atoms with E-state index in [1.165, 1.54) is 0 Å². The van der Waals surface area contributed by atoms with Crippen LogP contribution in [0.15, 0.2) is 30.3 Å². The van der Waals surface area contributed by atoms with Gasteiger partial charge in [0.25, 0.3) is 0 Å². The molecule has 1 atom stereocenters. The highest BCUT2D eigenvalue weighted by Gasteiger charge is 2.18. The van der Waals surface area contributed by atoms with E-state index in [1.54, 1.807) is 14.0 Å². The number of benzene rings is 1. The topological polar surface area (TPSA) is 74.4 Å². The van der Waals surface area contributed by atoms with Gasteiger partial charge >= 0.3 is 5.97 Å². The highest BCUT2D eigenvalue weighted by atomic mass is 16.5. The van der Waals surface area contributed by atoms with Gasteiger partial charge in [-0.1, -0.05) is 18.2 Å². The van der Waals surface area contributed by atoms with Gasteiger partial charge in [-0.05, 0) is 19.1 Å². The lowest BCUT2D eigenvalue weighted by atomic mass is 10.1. The van der Waals surface area contributed by atoms with Crippen LogP contribution in [0.4, 0.5) is 0 Å². The Morgan fingerprint density at radius 2 is 2.15 bits per heavy atom. The number of fused-ring (bicyclic) bond motifs is 1. The van der Waals surface area contributed by atoms with Crippen molar-refractivity contribution in [2.45, 2.75) is 19.4 Å². The molecule has 0 radical (unpaired) electrons. The number of esters is 1. The maximum Gasteiger partial charge on any atom is 0.323 e. The molecular weight excluding hydrogens is 256 g/mol. The minimum atomic E-state index is -0.716. The molecule has 0 spiro atoms. The molecule has 0 amide bonds. The summed E-state index contributed by atoms with van der Waals surface area (Å²) < 4.78 is 10.2. The van der Waals surface area contributed by atoms with Gasteiger partial charge in [-0.25, -0.2) is 4.98 Å². The van der Waals surface area contributed by atoms with E-state index in [0.29, 0.717) is 18.9 Å². The number of carbonyl (C=O) groups is 1. The van der Waals surface area contributed by atoms with Crippen LogP contribution in [0.3, 0.4) is 0 Å². The molecule has 1 aromatic carbocycles. The Morgan fingerprint density at radius 1 is 1.40 bits per heavy atom. The number of aromatic nitrogens is 1. The Labute approximate surface area is 117 Å². The van der Waals surface area contributed by atoms with Crippen molar-refractivity contribution < 1.29 is 14.3 Å². The highest BCUT2D eigenvalue weighted by molar-refractivity contribution is 5.81. The predicted molar refractivity (Wildman–Crippen MR) is 76.6 cm³/mol. The van der Waals surface area contributed by atoms with Crippen LogP contribution < -0.4 is 10.5 Å². The van der Waals surface area contributed by atoms with E-state index in [-0.39, 0.29) is 0 Å². The van der Waals surface area contributed by atoms with Crippen molar-refractivity contribution in [2.75, 3.05) is 13.7 Å². The first-order valence-corrected chi connectivity index (χ1v) is 6.50. The molecule has 0 aliphatic carbocycles. The number of rotatable bonds is 5. The van der Waals surface area contributed by atoms with Gasteiger partial charge in [-0.3, -0.25) is 4.79 Å². The summed E-state index contributed by atoms with van der Waals surface area (Å²) in [5.41, 5.74) is 7.49. The lowest BCUT2D eigenvalue weighted by Crippen LogP contribution is -2.34. The summed E-state index contributed by atoms with van der Waals surface area (Å²) >= 11 is 0. The third kappa shape index (κ3) is 3.05. The molecule has 0 saturated carbocycles. The molecular formula is C15H18N2O3. The van der Waals surface area contributed by atoms with E-state index in [4.69, 9.17) is 15.2 Å². The van der Waals surface area contributed by atoms with Crippen LogP contribution in [0.1, 0.15) is 12.5 Å². The number of pyridine rings is 1. The zero-order valence-electron chi connectivity index (χ0n) is 11.6. The molecule has 1 heterocycles. The fourth-order valence-electron chi connectivity index (χ4n) is 2.03. The van der Waals surface area contributed by atoms with Gasteiger partial charge < -0.3 is 15.2 Å². The summed E-state index contributed by atoms with van der Waals surface area (Å²) in [5, 5.41) is 0.986. The lowest BCUT2D eigenvalue weighted by molar-refractivity contribution is -0.144. The van der Waals surface area contributed by atoms with Crippen molar-refractivity contribution in [3.05, 3.63) is 35.9 Å². The maximum atomic E-state index is 11.6. The van der Waals surface area contributed by atoms with Gasteiger partial charge in [0, 0.05) is 17.4 Å². The van der Waals surface area contributed by atoms with E-state index in [2.05, 4.69) is 4.98 Å². The van der Waals surface area contributed by atoms with Crippen LogP contribution in [0.25, 0.3) is 10.9 Å². The number of para-hydroxylation sites is 1. The molecule has 1 unspecified atom stereocenters. The number of methoxy groups -OCH3 is 1. The SMILES string of the molecule is CCOC(=O)C(N)Cc1cc2ccccc2nc1OC. The van der Waals surface area contributed by atoms with E-state index in [9.17, 15) is 4.79 Å². The highest BCUT2D eigenvalue weighted by Crippen LogP contribution is 2.23. The van der Waals surface area contributed by atoms with Gasteiger partial charge in [-0.15, -0.1) is 0 Å². The molecule has 20 heavy (non-hydrogen) atoms. The standard InChI is InChI=1S/C15H18N2O3/c1-3-20-15(18)12(16)9-11-8-10-6-4-5-7-13(10)17-14(11)19-2/h4-8,12H,3,9,16H2,1-2H3. The van der Waals surface area contributed by atoms with Crippen molar-refractivity contribution in [2.24, 2.45) is 5.73 Å². The number of nitrogens with two attached hydrogens (primary N) is 1. The summed E-state index contributed by atoms with van der Waals surface area (Å²) in [5.74, 6) is 0.0751. The van der Waals surface area contributed by atoms with E-state index < -0.39 is 12.0 Å². The maximum absolute atomic E-state index is 11.6. The number of ether oxygens (including phenoxy) is 2. The molecule has 1 aromatic heterocycles. The molecule has 0 saturated heterocycles. The van der Waals surface area contributed by atoms with Crippen molar-refractivity contribution in [3.63, 3.8) is 0 Å². The summed E-state index contributed by atoms with van der Waals surface area (Å²) in [6.07, 6.45) is 0.333. The molecule has 0 fully saturated rings. The van der Waals surface area contributed by atoms with E-state index in [0.717, 1.165) is 16.5 Å². The van der Waals surface area contributed by atoms with Crippen molar-refractivity contribution in [1.82, 2.24) is 4.98 Å². The predicted octanol–water partition coefficient (Wildman–Crippen LogP) is 1.68. The Kier molecular flexibility index (Phi) is 4.53. The normalized spacial score (nSPS) is 12.2. The van der Waals surface area contributed by atoms with Crippen LogP contribution in [-0.2, 0) is 16.0 Å². The quantitative estimate of drug-likeness (QED) is 0.840. The second-order valence-electron chi connectivity index (χ2n) is 4.41. The second-order valence-corrected chi connectivity index (χ2v) is 4.41. The van der Waals surface area contributed by atoms with Gasteiger partial charge in [0.05, 0.1) is 19.2 Å². The van der Waals surface area contributed by atoms with Crippen molar-refractivity contribution >= 4 is 16.9 Å². The van der Waals surface area contributed by atoms with Crippen LogP contribution in [-0.4, -0.2) is 30.7 Å². The fourth-order valence-corrected chi connectivity index (χ4v) is 2.03. The minimum Gasteiger partial charge on any atom is -0.481 e. The van der Waals surface area contributed by atoms with E-state index in [1.807, 2.05) is 30.3 Å². The van der Waals surface area contributed by atoms with Gasteiger partial charge in [0.1, 0.15) is 6.04 Å². The van der Waals surface area contributed by atoms with Crippen molar-refractivity contribution in [1.29, 1.82) is 0 Å². The summed E-state index contributed by atoms with van der Waals surface area (Å²) in [4.78, 5) is 16.0. The van der Waals surface area contributed by atoms with E-state index >= 15 is 0 Å². The average Bonchev–Trinajstić information content (AvgIpc) is 2.46. The lowest BCUT2D eigenvalue weighted by Gasteiger charge is -2.13. The summed E-state index contributed by atoms with van der Waals surface area (Å²) in [6, 6.07) is 8.95. The molecule has 0 aliphatic rings. The van der Waals surface area contributed by atoms with Crippen LogP contribution in [0.5, 0.6) is 5.88 Å². The molecule has 106 valence electrons. The third-order valence-electron chi connectivity index (χ3n) is 2.99. The molecule has 2 rings (SSSR count). The first-order valence-electron chi connectivity index (χ1n) is 6.50. The van der Waals surface area contributed by atoms with Crippen molar-refractivity contribution in [3.8, 4) is 5.88 Å². The van der Waals surface area contributed by atoms with Gasteiger partial charge in [0.2, 0.25) is 5.88 Å². The smallest absolute Gasteiger partial charge is 0.323 e. The Morgan fingerprint density at radius 3 is 2.85 bits per heavy atom. The molecule has 5 heteroatoms. The summed E-state index contributed by atoms with van der Waals surface area (Å²) in [6.45, 7) is 2.07. The molecule has 0 aliphatic heterocycles. The van der Waals surface area contributed by atoms with Crippen LogP contribution in [0, 0.1) is 0 Å². The third-order valence-corrected chi connectivity index (χ3v) is 2.99. The number of hydrogen-bond donors (Lipinski definition) is 1. The fraction of sp³-hybridized carbons (Fsp3) is 0.333. The average molecular weight is 274 g/mol. The largest absolute Gasteiger partial charge is 0.481 e. The van der Waals surface area contributed by atoms with Gasteiger partial charge in [-0.2, -0.15) is 0 Å². The van der Waals surface area contributed by atoms with Gasteiger partial charge in [0.15, 0.2) is 0 Å². The zero-order chi connectivity index (χ0) is 14.5. The Balaban J connectivity index is 2.30. The molecule has 2 aromatic rings.